The summed E-state index contributed by atoms with van der Waals surface area (Å²) in [5, 5.41) is 0. The van der Waals surface area contributed by atoms with Crippen LogP contribution in [0.25, 0.3) is 0 Å². The van der Waals surface area contributed by atoms with E-state index in [9.17, 15) is 18.0 Å². The van der Waals surface area contributed by atoms with Crippen LogP contribution in [0.4, 0.5) is 18.9 Å². The number of esters is 1. The van der Waals surface area contributed by atoms with Crippen molar-refractivity contribution in [1.29, 1.82) is 0 Å². The van der Waals surface area contributed by atoms with Crippen LogP contribution in [0.15, 0.2) is 42.5 Å². The zero-order chi connectivity index (χ0) is 36.5. The Labute approximate surface area is 300 Å². The summed E-state index contributed by atoms with van der Waals surface area (Å²) in [5.74, 6) is 0.809. The van der Waals surface area contributed by atoms with Crippen molar-refractivity contribution in [1.82, 2.24) is 9.80 Å². The summed E-state index contributed by atoms with van der Waals surface area (Å²) in [6.07, 6.45) is 1.75. The second-order valence-electron chi connectivity index (χ2n) is 15.6. The number of amides is 1. The number of hydrogen-bond donors (Lipinski definition) is 0. The van der Waals surface area contributed by atoms with Crippen molar-refractivity contribution < 1.29 is 37.0 Å². The number of piperidine rings is 1. The molecule has 2 aromatic rings. The van der Waals surface area contributed by atoms with E-state index in [-0.39, 0.29) is 35.7 Å². The van der Waals surface area contributed by atoms with Crippen LogP contribution in [0.5, 0.6) is 5.75 Å². The van der Waals surface area contributed by atoms with Crippen molar-refractivity contribution in [2.75, 3.05) is 65.6 Å². The van der Waals surface area contributed by atoms with Gasteiger partial charge >= 0.3 is 12.1 Å². The maximum absolute atomic E-state index is 15.1. The van der Waals surface area contributed by atoms with Gasteiger partial charge in [0, 0.05) is 63.4 Å². The summed E-state index contributed by atoms with van der Waals surface area (Å²) < 4.78 is 58.2. The lowest BCUT2D eigenvalue weighted by Gasteiger charge is -2.37. The molecule has 0 aromatic heterocycles. The van der Waals surface area contributed by atoms with Gasteiger partial charge in [0.05, 0.1) is 43.8 Å². The molecule has 6 rings (SSSR count). The Morgan fingerprint density at radius 3 is 2.22 bits per heavy atom. The highest BCUT2D eigenvalue weighted by Crippen LogP contribution is 2.49. The Morgan fingerprint density at radius 2 is 1.61 bits per heavy atom. The Kier molecular flexibility index (Phi) is 11.3. The van der Waals surface area contributed by atoms with Crippen LogP contribution in [0.3, 0.4) is 0 Å². The fourth-order valence-electron chi connectivity index (χ4n) is 9.38. The third kappa shape index (κ3) is 7.75. The van der Waals surface area contributed by atoms with Crippen molar-refractivity contribution in [3.8, 4) is 5.75 Å². The largest absolute Gasteiger partial charge is 0.497 e. The predicted octanol–water partition coefficient (Wildman–Crippen LogP) is 7.12. The van der Waals surface area contributed by atoms with Crippen molar-refractivity contribution in [2.45, 2.75) is 88.9 Å². The maximum Gasteiger partial charge on any atom is 0.416 e. The van der Waals surface area contributed by atoms with Crippen molar-refractivity contribution >= 4 is 17.6 Å². The molecule has 1 amide bonds. The van der Waals surface area contributed by atoms with E-state index < -0.39 is 17.2 Å². The molecule has 11 heteroatoms. The van der Waals surface area contributed by atoms with Gasteiger partial charge in [-0.3, -0.25) is 14.5 Å². The summed E-state index contributed by atoms with van der Waals surface area (Å²) in [7, 11) is 4.65. The fourth-order valence-corrected chi connectivity index (χ4v) is 9.38. The van der Waals surface area contributed by atoms with Crippen molar-refractivity contribution in [2.24, 2.45) is 17.3 Å². The quantitative estimate of drug-likeness (QED) is 0.257. The van der Waals surface area contributed by atoms with Crippen molar-refractivity contribution in [3.05, 3.63) is 59.2 Å². The number of alkyl halides is 3. The van der Waals surface area contributed by atoms with E-state index in [2.05, 4.69) is 30.9 Å². The number of methoxy groups -OCH3 is 3. The number of hydrogen-bond acceptors (Lipinski definition) is 7. The zero-order valence-corrected chi connectivity index (χ0v) is 30.7. The molecule has 0 spiro atoms. The van der Waals surface area contributed by atoms with E-state index in [0.717, 1.165) is 48.2 Å². The highest BCUT2D eigenvalue weighted by atomic mass is 19.4. The second kappa shape index (κ2) is 15.3. The minimum absolute atomic E-state index is 0.0322. The molecule has 2 aromatic carbocycles. The highest BCUT2D eigenvalue weighted by Gasteiger charge is 2.54. The van der Waals surface area contributed by atoms with Gasteiger partial charge in [-0.1, -0.05) is 25.1 Å². The van der Waals surface area contributed by atoms with Crippen LogP contribution in [0, 0.1) is 17.3 Å². The number of benzene rings is 2. The van der Waals surface area contributed by atoms with Crippen LogP contribution in [0.2, 0.25) is 0 Å². The van der Waals surface area contributed by atoms with Gasteiger partial charge in [-0.05, 0) is 93.2 Å². The Bertz CT molecular complexity index is 1520. The minimum atomic E-state index is -4.50. The molecule has 3 saturated heterocycles. The number of carbonyl (C=O) groups excluding carboxylic acids is 2. The third-order valence-electron chi connectivity index (χ3n) is 12.4. The molecule has 3 aliphatic heterocycles. The normalized spacial score (nSPS) is 29.4. The SMILES string of the molecule is COC[C@@H]1C[C@@H](c2ccc(C(F)(F)F)cc2N2CCC(C(=O)OC)CC2)CN1C(=O)C1(C)CN(C2CCC(C)CC2)CC1c1ccc(OC)cc1. The van der Waals surface area contributed by atoms with Gasteiger partial charge < -0.3 is 24.0 Å². The maximum atomic E-state index is 15.1. The van der Waals surface area contributed by atoms with Gasteiger partial charge in [0.25, 0.3) is 0 Å². The first-order chi connectivity index (χ1) is 24.4. The molecule has 4 atom stereocenters. The number of likely N-dealkylation sites (tertiary alicyclic amines) is 2. The summed E-state index contributed by atoms with van der Waals surface area (Å²) in [6.45, 7) is 7.52. The lowest BCUT2D eigenvalue weighted by molar-refractivity contribution is -0.146. The molecule has 3 heterocycles. The molecule has 0 radical (unpaired) electrons. The van der Waals surface area contributed by atoms with Gasteiger partial charge in [-0.15, -0.1) is 0 Å². The average Bonchev–Trinajstić information content (AvgIpc) is 3.72. The molecular formula is C40H54F3N3O5. The van der Waals surface area contributed by atoms with Gasteiger partial charge in [-0.25, -0.2) is 0 Å². The Hall–Kier alpha value is -3.31. The number of halogens is 3. The first kappa shape index (κ1) is 37.4. The number of ether oxygens (including phenoxy) is 3. The Morgan fingerprint density at radius 1 is 0.922 bits per heavy atom. The topological polar surface area (TPSA) is 71.5 Å². The first-order valence-electron chi connectivity index (χ1n) is 18.6. The van der Waals surface area contributed by atoms with E-state index in [1.54, 1.807) is 20.3 Å². The van der Waals surface area contributed by atoms with Crippen LogP contribution >= 0.6 is 0 Å². The number of carbonyl (C=O) groups is 2. The van der Waals surface area contributed by atoms with Crippen LogP contribution in [-0.2, 0) is 25.2 Å². The van der Waals surface area contributed by atoms with Crippen LogP contribution in [0.1, 0.15) is 87.3 Å². The van der Waals surface area contributed by atoms with Crippen LogP contribution < -0.4 is 9.64 Å². The summed E-state index contributed by atoms with van der Waals surface area (Å²) in [4.78, 5) is 33.9. The number of anilines is 1. The molecule has 280 valence electrons. The monoisotopic (exact) mass is 713 g/mol. The molecular weight excluding hydrogens is 659 g/mol. The standard InChI is InChI=1S/C40H54F3N3O5/c1-26-6-11-31(12-7-26)45-23-35(27-8-13-33(50-4)14-9-27)39(2,25-45)38(48)46-22-29(20-32(46)24-49-3)34-15-10-30(40(41,42)43)21-36(34)44-18-16-28(17-19-44)37(47)51-5/h8-10,13-15,21,26,28-29,31-32,35H,6-7,11-12,16-20,22-25H2,1-5H3/t26?,29-,31?,32+,35?,39?/m1/s1. The first-order valence-corrected chi connectivity index (χ1v) is 18.6. The third-order valence-corrected chi connectivity index (χ3v) is 12.4. The molecule has 2 unspecified atom stereocenters. The molecule has 0 bridgehead atoms. The van der Waals surface area contributed by atoms with E-state index in [0.29, 0.717) is 63.8 Å². The molecule has 8 nitrogen and oxygen atoms in total. The number of rotatable bonds is 9. The highest BCUT2D eigenvalue weighted by molar-refractivity contribution is 5.85. The summed E-state index contributed by atoms with van der Waals surface area (Å²) in [6, 6.07) is 12.3. The van der Waals surface area contributed by atoms with Gasteiger partial charge in [0.2, 0.25) is 5.91 Å². The lowest BCUT2D eigenvalue weighted by atomic mass is 9.74. The van der Waals surface area contributed by atoms with Gasteiger partial charge in [0.15, 0.2) is 0 Å². The summed E-state index contributed by atoms with van der Waals surface area (Å²) in [5.41, 5.74) is 1.03. The second-order valence-corrected chi connectivity index (χ2v) is 15.6. The molecule has 4 fully saturated rings. The lowest BCUT2D eigenvalue weighted by Crippen LogP contribution is -2.49. The molecule has 4 aliphatic rings. The van der Waals surface area contributed by atoms with Crippen molar-refractivity contribution in [3.63, 3.8) is 0 Å². The van der Waals surface area contributed by atoms with Crippen LogP contribution in [-0.4, -0.2) is 94.4 Å². The Balaban J connectivity index is 1.30. The predicted molar refractivity (Wildman–Crippen MR) is 190 cm³/mol. The van der Waals surface area contributed by atoms with E-state index in [4.69, 9.17) is 14.2 Å². The molecule has 1 aliphatic carbocycles. The minimum Gasteiger partial charge on any atom is -0.497 e. The van der Waals surface area contributed by atoms with E-state index >= 15 is 4.79 Å². The summed E-state index contributed by atoms with van der Waals surface area (Å²) >= 11 is 0. The van der Waals surface area contributed by atoms with Gasteiger partial charge in [-0.2, -0.15) is 13.2 Å². The molecule has 1 saturated carbocycles. The van der Waals surface area contributed by atoms with E-state index in [1.807, 2.05) is 21.9 Å². The average molecular weight is 714 g/mol. The fraction of sp³-hybridized carbons (Fsp3) is 0.650. The van der Waals surface area contributed by atoms with Gasteiger partial charge in [0.1, 0.15) is 5.75 Å². The smallest absolute Gasteiger partial charge is 0.416 e. The molecule has 51 heavy (non-hydrogen) atoms. The zero-order valence-electron chi connectivity index (χ0n) is 30.7. The van der Waals surface area contributed by atoms with E-state index in [1.165, 1.54) is 26.0 Å². The number of nitrogens with zero attached hydrogens (tertiary/aromatic N) is 3. The molecule has 0 N–H and O–H groups in total.